The molecule has 2 aromatic carbocycles. The Morgan fingerprint density at radius 3 is 2.55 bits per heavy atom. The van der Waals surface area contributed by atoms with Gasteiger partial charge in [0.2, 0.25) is 5.91 Å². The second kappa shape index (κ2) is 12.2. The van der Waals surface area contributed by atoms with E-state index in [1.807, 2.05) is 24.3 Å². The lowest BCUT2D eigenvalue weighted by molar-refractivity contribution is -0.137. The Balaban J connectivity index is 1.26. The number of aliphatic carboxylic acids is 1. The van der Waals surface area contributed by atoms with Crippen molar-refractivity contribution in [2.45, 2.75) is 95.1 Å². The van der Waals surface area contributed by atoms with Crippen molar-refractivity contribution in [2.75, 3.05) is 13.2 Å². The number of benzene rings is 2. The quantitative estimate of drug-likeness (QED) is 0.253. The molecule has 3 N–H and O–H groups in total. The molecule has 2 aliphatic carbocycles. The first-order valence-electron chi connectivity index (χ1n) is 15.7. The summed E-state index contributed by atoms with van der Waals surface area (Å²) in [5, 5.41) is 16.1. The van der Waals surface area contributed by atoms with Crippen LogP contribution < -0.4 is 15.4 Å². The summed E-state index contributed by atoms with van der Waals surface area (Å²) in [6.45, 7) is 1.75. The van der Waals surface area contributed by atoms with Gasteiger partial charge in [-0.3, -0.25) is 14.4 Å². The summed E-state index contributed by atoms with van der Waals surface area (Å²) in [7, 11) is 0. The maximum atomic E-state index is 13.6. The third-order valence-corrected chi connectivity index (χ3v) is 9.44. The highest BCUT2D eigenvalue weighted by atomic mass is 16.5. The zero-order valence-corrected chi connectivity index (χ0v) is 24.3. The Morgan fingerprint density at radius 2 is 1.79 bits per heavy atom. The van der Waals surface area contributed by atoms with Crippen molar-refractivity contribution >= 4 is 28.7 Å². The Bertz CT molecular complexity index is 1480. The van der Waals surface area contributed by atoms with Gasteiger partial charge in [0.15, 0.2) is 0 Å². The molecular weight excluding hydrogens is 530 g/mol. The Morgan fingerprint density at radius 1 is 0.976 bits per heavy atom. The molecule has 42 heavy (non-hydrogen) atoms. The van der Waals surface area contributed by atoms with Gasteiger partial charge in [0, 0.05) is 35.0 Å². The minimum atomic E-state index is -0.886. The van der Waals surface area contributed by atoms with Gasteiger partial charge < -0.3 is 25.0 Å². The summed E-state index contributed by atoms with van der Waals surface area (Å²) in [6.07, 6.45) is 10.4. The van der Waals surface area contributed by atoms with Crippen LogP contribution in [-0.4, -0.2) is 46.1 Å². The third-order valence-electron chi connectivity index (χ3n) is 9.44. The normalized spacial score (nSPS) is 17.7. The fourth-order valence-electron chi connectivity index (χ4n) is 7.06. The second-order valence-corrected chi connectivity index (χ2v) is 12.2. The number of carbonyl (C=O) groups is 3. The monoisotopic (exact) mass is 571 g/mol. The number of carboxylic acids is 1. The number of nitrogens with zero attached hydrogens (tertiary/aromatic N) is 1. The third kappa shape index (κ3) is 5.51. The number of ether oxygens (including phenoxy) is 1. The molecule has 3 aliphatic rings. The molecule has 1 aliphatic heterocycles. The van der Waals surface area contributed by atoms with Crippen LogP contribution >= 0.6 is 0 Å². The van der Waals surface area contributed by atoms with Gasteiger partial charge in [-0.2, -0.15) is 0 Å². The van der Waals surface area contributed by atoms with Crippen molar-refractivity contribution in [1.82, 2.24) is 15.2 Å². The van der Waals surface area contributed by atoms with Crippen LogP contribution in [0.3, 0.4) is 0 Å². The molecule has 1 aromatic heterocycles. The van der Waals surface area contributed by atoms with E-state index < -0.39 is 11.5 Å². The van der Waals surface area contributed by atoms with Crippen LogP contribution in [0.15, 0.2) is 42.5 Å². The molecule has 2 saturated carbocycles. The molecule has 0 saturated heterocycles. The molecule has 8 nitrogen and oxygen atoms in total. The number of aromatic nitrogens is 1. The fourth-order valence-corrected chi connectivity index (χ4v) is 7.06. The number of fused-ring (bicyclic) bond motifs is 5. The predicted octanol–water partition coefficient (Wildman–Crippen LogP) is 6.16. The Hall–Kier alpha value is -3.81. The van der Waals surface area contributed by atoms with Crippen molar-refractivity contribution in [3.8, 4) is 17.0 Å². The van der Waals surface area contributed by atoms with Gasteiger partial charge >= 0.3 is 5.97 Å². The number of hydrogen-bond acceptors (Lipinski definition) is 4. The SMILES string of the molecule is O=C(O)CCCCCNC(=O)C1(NC(=O)c2ccc3c(C4CCCCC4)c4n(c3c2)CCOc2ccccc2-4)CCC1. The minimum Gasteiger partial charge on any atom is -0.491 e. The molecule has 0 bridgehead atoms. The number of carbonyl (C=O) groups excluding carboxylic acids is 2. The van der Waals surface area contributed by atoms with E-state index in [0.29, 0.717) is 50.4 Å². The van der Waals surface area contributed by atoms with Crippen LogP contribution in [0.4, 0.5) is 0 Å². The summed E-state index contributed by atoms with van der Waals surface area (Å²) >= 11 is 0. The van der Waals surface area contributed by atoms with Crippen molar-refractivity contribution in [3.63, 3.8) is 0 Å². The predicted molar refractivity (Wildman–Crippen MR) is 162 cm³/mol. The lowest BCUT2D eigenvalue weighted by Gasteiger charge is -2.40. The molecule has 3 aromatic rings. The Kier molecular flexibility index (Phi) is 8.22. The topological polar surface area (TPSA) is 110 Å². The first-order chi connectivity index (χ1) is 20.5. The maximum absolute atomic E-state index is 13.6. The highest BCUT2D eigenvalue weighted by Crippen LogP contribution is 2.47. The first-order valence-corrected chi connectivity index (χ1v) is 15.7. The summed E-state index contributed by atoms with van der Waals surface area (Å²) in [4.78, 5) is 37.5. The summed E-state index contributed by atoms with van der Waals surface area (Å²) in [5.74, 6) is 0.218. The number of unbranched alkanes of at least 4 members (excludes halogenated alkanes) is 2. The molecule has 8 heteroatoms. The average Bonchev–Trinajstić information content (AvgIpc) is 3.17. The number of nitrogens with one attached hydrogen (secondary N) is 2. The van der Waals surface area contributed by atoms with Crippen molar-refractivity contribution < 1.29 is 24.2 Å². The van der Waals surface area contributed by atoms with E-state index in [9.17, 15) is 14.4 Å². The highest BCUT2D eigenvalue weighted by molar-refractivity contribution is 6.03. The zero-order valence-electron chi connectivity index (χ0n) is 24.3. The van der Waals surface area contributed by atoms with Crippen LogP contribution in [0.1, 0.15) is 98.9 Å². The van der Waals surface area contributed by atoms with Crippen LogP contribution in [0.5, 0.6) is 5.75 Å². The molecule has 0 spiro atoms. The molecule has 0 radical (unpaired) electrons. The highest BCUT2D eigenvalue weighted by Gasteiger charge is 2.45. The van der Waals surface area contributed by atoms with Crippen LogP contribution in [0.25, 0.3) is 22.2 Å². The van der Waals surface area contributed by atoms with Gasteiger partial charge in [-0.05, 0) is 80.7 Å². The summed E-state index contributed by atoms with van der Waals surface area (Å²) in [5.41, 5.74) is 4.44. The van der Waals surface area contributed by atoms with Crippen LogP contribution in [-0.2, 0) is 16.1 Å². The van der Waals surface area contributed by atoms with E-state index in [4.69, 9.17) is 9.84 Å². The second-order valence-electron chi connectivity index (χ2n) is 12.2. The zero-order chi connectivity index (χ0) is 29.1. The number of carboxylic acid groups (broad SMARTS) is 1. The van der Waals surface area contributed by atoms with Gasteiger partial charge in [0.1, 0.15) is 17.9 Å². The van der Waals surface area contributed by atoms with E-state index in [1.165, 1.54) is 48.7 Å². The van der Waals surface area contributed by atoms with Gasteiger partial charge in [-0.1, -0.05) is 43.9 Å². The van der Waals surface area contributed by atoms with Crippen LogP contribution in [0.2, 0.25) is 0 Å². The van der Waals surface area contributed by atoms with E-state index in [2.05, 4.69) is 33.4 Å². The number of amides is 2. The molecule has 222 valence electrons. The van der Waals surface area contributed by atoms with E-state index in [0.717, 1.165) is 36.1 Å². The number of para-hydroxylation sites is 1. The first kappa shape index (κ1) is 28.3. The molecule has 0 unspecified atom stereocenters. The summed E-state index contributed by atoms with van der Waals surface area (Å²) < 4.78 is 8.51. The summed E-state index contributed by atoms with van der Waals surface area (Å²) in [6, 6.07) is 14.3. The number of rotatable bonds is 10. The average molecular weight is 572 g/mol. The Labute approximate surface area is 246 Å². The largest absolute Gasteiger partial charge is 0.491 e. The number of hydrogen-bond donors (Lipinski definition) is 3. The molecule has 0 atom stereocenters. The van der Waals surface area contributed by atoms with Gasteiger partial charge in [0.25, 0.3) is 5.91 Å². The fraction of sp³-hybridized carbons (Fsp3) is 0.500. The van der Waals surface area contributed by atoms with Gasteiger partial charge in [-0.15, -0.1) is 0 Å². The van der Waals surface area contributed by atoms with Crippen LogP contribution in [0, 0.1) is 0 Å². The standard InChI is InChI=1S/C34H41N3O5/c38-29(39)14-5-2-8-19-35-33(41)34(17-9-18-34)36-32(40)24-15-16-25-27(22-24)37-20-21-42-28-13-7-6-12-26(28)31(37)30(25)23-10-3-1-4-11-23/h6-7,12-13,15-16,22-23H,1-5,8-11,14,17-21H2,(H,35,41)(H,36,40)(H,38,39). The molecule has 2 amide bonds. The van der Waals surface area contributed by atoms with Crippen molar-refractivity contribution in [3.05, 3.63) is 53.6 Å². The maximum Gasteiger partial charge on any atom is 0.303 e. The molecule has 6 rings (SSSR count). The van der Waals surface area contributed by atoms with Gasteiger partial charge in [0.05, 0.1) is 12.2 Å². The van der Waals surface area contributed by atoms with E-state index in [-0.39, 0.29) is 18.2 Å². The van der Waals surface area contributed by atoms with E-state index >= 15 is 0 Å². The minimum absolute atomic E-state index is 0.144. The van der Waals surface area contributed by atoms with Crippen molar-refractivity contribution in [1.29, 1.82) is 0 Å². The molecular formula is C34H41N3O5. The lowest BCUT2D eigenvalue weighted by Crippen LogP contribution is -2.62. The van der Waals surface area contributed by atoms with E-state index in [1.54, 1.807) is 0 Å². The lowest BCUT2D eigenvalue weighted by atomic mass is 9.75. The van der Waals surface area contributed by atoms with Crippen molar-refractivity contribution in [2.24, 2.45) is 0 Å². The van der Waals surface area contributed by atoms with Gasteiger partial charge in [-0.25, -0.2) is 0 Å². The molecule has 2 fully saturated rings. The molecule has 2 heterocycles. The smallest absolute Gasteiger partial charge is 0.303 e.